The number of benzene rings is 2. The van der Waals surface area contributed by atoms with Gasteiger partial charge in [-0.1, -0.05) is 44.2 Å². The van der Waals surface area contributed by atoms with Gasteiger partial charge in [0, 0.05) is 24.5 Å². The minimum absolute atomic E-state index is 0.0741. The van der Waals surface area contributed by atoms with Crippen molar-refractivity contribution in [2.75, 3.05) is 11.9 Å². The third kappa shape index (κ3) is 4.73. The molecule has 0 aliphatic heterocycles. The first-order valence-electron chi connectivity index (χ1n) is 8.95. The van der Waals surface area contributed by atoms with Crippen molar-refractivity contribution in [3.63, 3.8) is 0 Å². The molecule has 0 spiro atoms. The zero-order chi connectivity index (χ0) is 19.2. The Morgan fingerprint density at radius 2 is 1.78 bits per heavy atom. The number of nitrogens with one attached hydrogen (secondary N) is 2. The van der Waals surface area contributed by atoms with E-state index in [4.69, 9.17) is 0 Å². The number of para-hydroxylation sites is 2. The first-order valence-corrected chi connectivity index (χ1v) is 8.95. The highest BCUT2D eigenvalue weighted by Crippen LogP contribution is 2.13. The number of hydrogen-bond acceptors (Lipinski definition) is 3. The minimum Gasteiger partial charge on any atom is -0.380 e. The van der Waals surface area contributed by atoms with Gasteiger partial charge in [-0.05, 0) is 36.2 Å². The van der Waals surface area contributed by atoms with E-state index in [1.807, 2.05) is 30.3 Å². The van der Waals surface area contributed by atoms with E-state index in [1.165, 1.54) is 10.7 Å². The summed E-state index contributed by atoms with van der Waals surface area (Å²) in [5.41, 5.74) is 1.57. The molecular formula is C21H23FN4O. The molecule has 0 saturated heterocycles. The fourth-order valence-corrected chi connectivity index (χ4v) is 2.71. The van der Waals surface area contributed by atoms with Gasteiger partial charge >= 0.3 is 0 Å². The molecule has 1 amide bonds. The number of hydrogen-bond donors (Lipinski definition) is 2. The Hall–Kier alpha value is -3.15. The number of rotatable bonds is 7. The average Bonchev–Trinajstić information content (AvgIpc) is 3.16. The summed E-state index contributed by atoms with van der Waals surface area (Å²) < 4.78 is 15.2. The van der Waals surface area contributed by atoms with Crippen molar-refractivity contribution in [1.82, 2.24) is 15.1 Å². The lowest BCUT2D eigenvalue weighted by Gasteiger charge is -2.23. The van der Waals surface area contributed by atoms with Gasteiger partial charge in [0.2, 0.25) is 0 Å². The molecule has 27 heavy (non-hydrogen) atoms. The molecule has 5 nitrogen and oxygen atoms in total. The molecule has 1 aromatic heterocycles. The molecule has 1 unspecified atom stereocenters. The summed E-state index contributed by atoms with van der Waals surface area (Å²) in [7, 11) is 0. The molecule has 0 aliphatic carbocycles. The summed E-state index contributed by atoms with van der Waals surface area (Å²) in [4.78, 5) is 12.4. The summed E-state index contributed by atoms with van der Waals surface area (Å²) in [6.45, 7) is 4.65. The zero-order valence-electron chi connectivity index (χ0n) is 15.4. The van der Waals surface area contributed by atoms with Gasteiger partial charge in [0.25, 0.3) is 5.91 Å². The number of carbonyl (C=O) groups excluding carboxylic acids is 1. The van der Waals surface area contributed by atoms with Crippen LogP contribution in [-0.2, 0) is 0 Å². The maximum Gasteiger partial charge on any atom is 0.271 e. The van der Waals surface area contributed by atoms with E-state index in [0.29, 0.717) is 18.2 Å². The second-order valence-electron chi connectivity index (χ2n) is 6.67. The zero-order valence-corrected chi connectivity index (χ0v) is 15.4. The van der Waals surface area contributed by atoms with Gasteiger partial charge in [-0.25, -0.2) is 9.07 Å². The fraction of sp³-hybridized carbons (Fsp3) is 0.238. The van der Waals surface area contributed by atoms with Gasteiger partial charge in [0.05, 0.1) is 0 Å². The Bertz CT molecular complexity index is 892. The largest absolute Gasteiger partial charge is 0.380 e. The summed E-state index contributed by atoms with van der Waals surface area (Å²) in [5, 5.41) is 10.5. The lowest BCUT2D eigenvalue weighted by molar-refractivity contribution is 0.0945. The van der Waals surface area contributed by atoms with Crippen LogP contribution in [0.5, 0.6) is 0 Å². The van der Waals surface area contributed by atoms with Crippen molar-refractivity contribution in [3.8, 4) is 5.69 Å². The van der Waals surface area contributed by atoms with E-state index in [9.17, 15) is 9.18 Å². The van der Waals surface area contributed by atoms with Crippen LogP contribution >= 0.6 is 0 Å². The lowest BCUT2D eigenvalue weighted by atomic mass is 10.0. The predicted octanol–water partition coefficient (Wildman–Crippen LogP) is 3.88. The van der Waals surface area contributed by atoms with Gasteiger partial charge in [0.15, 0.2) is 5.69 Å². The average molecular weight is 366 g/mol. The van der Waals surface area contributed by atoms with Crippen LogP contribution in [0.2, 0.25) is 0 Å². The highest BCUT2D eigenvalue weighted by molar-refractivity contribution is 5.92. The quantitative estimate of drug-likeness (QED) is 0.667. The van der Waals surface area contributed by atoms with E-state index in [2.05, 4.69) is 29.6 Å². The number of carbonyl (C=O) groups is 1. The van der Waals surface area contributed by atoms with Gasteiger partial charge in [-0.15, -0.1) is 0 Å². The molecule has 6 heteroatoms. The van der Waals surface area contributed by atoms with Crippen molar-refractivity contribution in [2.45, 2.75) is 19.9 Å². The van der Waals surface area contributed by atoms with Crippen molar-refractivity contribution in [3.05, 3.63) is 78.4 Å². The van der Waals surface area contributed by atoms with Gasteiger partial charge in [0.1, 0.15) is 11.5 Å². The Labute approximate surface area is 158 Å². The molecule has 140 valence electrons. The first kappa shape index (κ1) is 18.6. The maximum absolute atomic E-state index is 13.9. The van der Waals surface area contributed by atoms with Crippen LogP contribution in [0.1, 0.15) is 24.3 Å². The van der Waals surface area contributed by atoms with Gasteiger partial charge in [-0.2, -0.15) is 5.10 Å². The second-order valence-corrected chi connectivity index (χ2v) is 6.67. The van der Waals surface area contributed by atoms with Gasteiger partial charge < -0.3 is 10.6 Å². The molecule has 3 aromatic rings. The van der Waals surface area contributed by atoms with Crippen LogP contribution in [0.4, 0.5) is 10.1 Å². The maximum atomic E-state index is 13.9. The number of halogens is 1. The highest BCUT2D eigenvalue weighted by Gasteiger charge is 2.17. The third-order valence-electron chi connectivity index (χ3n) is 4.33. The summed E-state index contributed by atoms with van der Waals surface area (Å²) in [5.74, 6) is -0.355. The molecule has 1 atom stereocenters. The van der Waals surface area contributed by atoms with Crippen molar-refractivity contribution >= 4 is 11.6 Å². The van der Waals surface area contributed by atoms with Crippen LogP contribution in [0.15, 0.2) is 66.9 Å². The highest BCUT2D eigenvalue weighted by atomic mass is 19.1. The second kappa shape index (κ2) is 8.49. The number of anilines is 1. The number of nitrogens with zero attached hydrogens (tertiary/aromatic N) is 2. The molecule has 0 fully saturated rings. The summed E-state index contributed by atoms with van der Waals surface area (Å²) in [6.07, 6.45) is 1.58. The van der Waals surface area contributed by atoms with Crippen molar-refractivity contribution in [2.24, 2.45) is 5.92 Å². The summed E-state index contributed by atoms with van der Waals surface area (Å²) in [6, 6.07) is 17.8. The van der Waals surface area contributed by atoms with Crippen LogP contribution < -0.4 is 10.6 Å². The van der Waals surface area contributed by atoms with Crippen LogP contribution in [0.3, 0.4) is 0 Å². The smallest absolute Gasteiger partial charge is 0.271 e. The number of amides is 1. The Morgan fingerprint density at radius 1 is 1.07 bits per heavy atom. The van der Waals surface area contributed by atoms with Crippen molar-refractivity contribution < 1.29 is 9.18 Å². The first-order chi connectivity index (χ1) is 13.0. The molecule has 2 aromatic carbocycles. The third-order valence-corrected chi connectivity index (χ3v) is 4.33. The fourth-order valence-electron chi connectivity index (χ4n) is 2.71. The molecule has 3 rings (SSSR count). The standard InChI is InChI=1S/C21H23FN4O/c1-15(2)19(24-16-8-4-3-5-9-16)14-23-21(27)18-12-13-26(25-18)20-11-7-6-10-17(20)22/h3-13,15,19,24H,14H2,1-2H3,(H,23,27). The normalized spacial score (nSPS) is 12.0. The van der Waals surface area contributed by atoms with Crippen molar-refractivity contribution in [1.29, 1.82) is 0 Å². The Morgan fingerprint density at radius 3 is 2.48 bits per heavy atom. The molecular weight excluding hydrogens is 343 g/mol. The van der Waals surface area contributed by atoms with E-state index >= 15 is 0 Å². The van der Waals surface area contributed by atoms with Crippen LogP contribution in [0.25, 0.3) is 5.69 Å². The topological polar surface area (TPSA) is 59.0 Å². The van der Waals surface area contributed by atoms with Crippen LogP contribution in [-0.4, -0.2) is 28.3 Å². The molecule has 2 N–H and O–H groups in total. The van der Waals surface area contributed by atoms with E-state index in [0.717, 1.165) is 5.69 Å². The molecule has 0 radical (unpaired) electrons. The number of aromatic nitrogens is 2. The van der Waals surface area contributed by atoms with E-state index in [1.54, 1.807) is 30.5 Å². The van der Waals surface area contributed by atoms with Crippen LogP contribution in [0, 0.1) is 11.7 Å². The molecule has 0 aliphatic rings. The Balaban J connectivity index is 1.64. The monoisotopic (exact) mass is 366 g/mol. The van der Waals surface area contributed by atoms with E-state index < -0.39 is 0 Å². The molecule has 1 heterocycles. The molecule has 0 bridgehead atoms. The van der Waals surface area contributed by atoms with E-state index in [-0.39, 0.29) is 23.5 Å². The Kier molecular flexibility index (Phi) is 5.86. The SMILES string of the molecule is CC(C)C(CNC(=O)c1ccn(-c2ccccc2F)n1)Nc1ccccc1. The lowest BCUT2D eigenvalue weighted by Crippen LogP contribution is -2.39. The van der Waals surface area contributed by atoms with Gasteiger partial charge in [-0.3, -0.25) is 4.79 Å². The minimum atomic E-state index is -0.389. The summed E-state index contributed by atoms with van der Waals surface area (Å²) >= 11 is 0. The predicted molar refractivity (Wildman–Crippen MR) is 105 cm³/mol. The molecule has 0 saturated carbocycles.